The minimum atomic E-state index is -4.38. The number of hydrogen-bond donors (Lipinski definition) is 1. The van der Waals surface area contributed by atoms with Crippen LogP contribution in [0.15, 0.2) is 17.0 Å². The fourth-order valence-corrected chi connectivity index (χ4v) is 4.31. The number of nitrogens with one attached hydrogen (secondary N) is 1. The van der Waals surface area contributed by atoms with Crippen LogP contribution in [0.1, 0.15) is 26.7 Å². The summed E-state index contributed by atoms with van der Waals surface area (Å²) in [6.45, 7) is 3.93. The van der Waals surface area contributed by atoms with Crippen LogP contribution in [-0.2, 0) is 10.0 Å². The summed E-state index contributed by atoms with van der Waals surface area (Å²) in [5, 5.41) is 0. The van der Waals surface area contributed by atoms with Crippen LogP contribution < -0.4 is 4.72 Å². The highest BCUT2D eigenvalue weighted by Gasteiger charge is 2.26. The van der Waals surface area contributed by atoms with Crippen LogP contribution in [0.25, 0.3) is 0 Å². The van der Waals surface area contributed by atoms with Gasteiger partial charge in [0.15, 0.2) is 4.90 Å². The van der Waals surface area contributed by atoms with Gasteiger partial charge in [-0.1, -0.05) is 42.6 Å². The Hall–Kier alpha value is -0.600. The van der Waals surface area contributed by atoms with Gasteiger partial charge in [-0.05, 0) is 5.92 Å². The van der Waals surface area contributed by atoms with Crippen molar-refractivity contribution in [3.63, 3.8) is 0 Å². The summed E-state index contributed by atoms with van der Waals surface area (Å²) >= 11 is 3.36. The van der Waals surface area contributed by atoms with Crippen LogP contribution in [0, 0.1) is 23.4 Å². The summed E-state index contributed by atoms with van der Waals surface area (Å²) < 4.78 is 65.9. The summed E-state index contributed by atoms with van der Waals surface area (Å²) in [6, 6.07) is 0.675. The van der Waals surface area contributed by atoms with Gasteiger partial charge in [-0.2, -0.15) is 0 Å². The third kappa shape index (κ3) is 4.69. The van der Waals surface area contributed by atoms with Crippen molar-refractivity contribution in [2.45, 2.75) is 36.4 Å². The molecule has 0 aromatic heterocycles. The first-order valence-corrected chi connectivity index (χ1v) is 8.91. The number of alkyl halides is 1. The van der Waals surface area contributed by atoms with Gasteiger partial charge in [0.05, 0.1) is 0 Å². The lowest BCUT2D eigenvalue weighted by Crippen LogP contribution is -2.34. The first kappa shape index (κ1) is 18.4. The Kier molecular flexibility index (Phi) is 6.68. The molecule has 0 heterocycles. The van der Waals surface area contributed by atoms with Crippen LogP contribution in [0.4, 0.5) is 13.2 Å². The molecule has 0 amide bonds. The molecule has 1 aromatic rings. The van der Waals surface area contributed by atoms with Gasteiger partial charge in [-0.25, -0.2) is 26.3 Å². The van der Waals surface area contributed by atoms with E-state index in [1.165, 1.54) is 0 Å². The second kappa shape index (κ2) is 7.60. The highest BCUT2D eigenvalue weighted by molar-refractivity contribution is 9.09. The van der Waals surface area contributed by atoms with E-state index in [0.717, 1.165) is 12.8 Å². The van der Waals surface area contributed by atoms with Gasteiger partial charge >= 0.3 is 0 Å². The first-order chi connectivity index (χ1) is 9.72. The minimum absolute atomic E-state index is 0.00899. The number of rotatable bonds is 7. The van der Waals surface area contributed by atoms with Crippen molar-refractivity contribution in [2.75, 3.05) is 6.54 Å². The van der Waals surface area contributed by atoms with E-state index in [-0.39, 0.29) is 17.3 Å². The predicted molar refractivity (Wildman–Crippen MR) is 78.3 cm³/mol. The Morgan fingerprint density at radius 1 is 1.14 bits per heavy atom. The summed E-state index contributed by atoms with van der Waals surface area (Å²) in [7, 11) is -4.38. The number of halogens is 4. The van der Waals surface area contributed by atoms with Crippen LogP contribution in [-0.4, -0.2) is 19.8 Å². The molecule has 0 saturated heterocycles. The Morgan fingerprint density at radius 2 is 1.62 bits per heavy atom. The second-order valence-electron chi connectivity index (χ2n) is 4.64. The smallest absolute Gasteiger partial charge is 0.210 e. The summed E-state index contributed by atoms with van der Waals surface area (Å²) in [6.07, 6.45) is 1.68. The molecule has 1 rings (SSSR count). The lowest BCUT2D eigenvalue weighted by Gasteiger charge is -2.20. The average molecular weight is 388 g/mol. The zero-order valence-electron chi connectivity index (χ0n) is 11.7. The van der Waals surface area contributed by atoms with E-state index in [2.05, 4.69) is 20.7 Å². The molecule has 1 atom stereocenters. The summed E-state index contributed by atoms with van der Waals surface area (Å²) in [4.78, 5) is -1.32. The van der Waals surface area contributed by atoms with E-state index < -0.39 is 32.4 Å². The molecule has 0 aliphatic rings. The molecule has 0 saturated carbocycles. The molecule has 0 aliphatic carbocycles. The third-order valence-corrected chi connectivity index (χ3v) is 5.81. The molecule has 1 aromatic carbocycles. The van der Waals surface area contributed by atoms with E-state index in [1.54, 1.807) is 0 Å². The van der Waals surface area contributed by atoms with Crippen molar-refractivity contribution in [1.29, 1.82) is 0 Å². The number of hydrogen-bond acceptors (Lipinski definition) is 2. The Labute approximate surface area is 131 Å². The van der Waals surface area contributed by atoms with Crippen LogP contribution in [0.2, 0.25) is 0 Å². The van der Waals surface area contributed by atoms with E-state index >= 15 is 0 Å². The molecule has 120 valence electrons. The van der Waals surface area contributed by atoms with Crippen molar-refractivity contribution >= 4 is 26.0 Å². The predicted octanol–water partition coefficient (Wildman–Crippen LogP) is 3.58. The summed E-state index contributed by atoms with van der Waals surface area (Å²) in [5.41, 5.74) is 0. The van der Waals surface area contributed by atoms with E-state index in [0.29, 0.717) is 12.1 Å². The molecule has 0 spiro atoms. The summed E-state index contributed by atoms with van der Waals surface area (Å²) in [5.74, 6) is -3.84. The quantitative estimate of drug-likeness (QED) is 0.726. The zero-order chi connectivity index (χ0) is 16.2. The van der Waals surface area contributed by atoms with E-state index in [4.69, 9.17) is 0 Å². The Bertz CT molecular complexity index is 568. The Morgan fingerprint density at radius 3 is 2.05 bits per heavy atom. The lowest BCUT2D eigenvalue weighted by atomic mass is 10.00. The van der Waals surface area contributed by atoms with Gasteiger partial charge < -0.3 is 0 Å². The van der Waals surface area contributed by atoms with Crippen LogP contribution in [0.5, 0.6) is 0 Å². The fraction of sp³-hybridized carbons (Fsp3) is 0.538. The molecule has 21 heavy (non-hydrogen) atoms. The van der Waals surface area contributed by atoms with Crippen molar-refractivity contribution < 1.29 is 21.6 Å². The van der Waals surface area contributed by atoms with Gasteiger partial charge in [-0.3, -0.25) is 0 Å². The minimum Gasteiger partial charge on any atom is -0.210 e. The molecule has 1 unspecified atom stereocenters. The number of benzene rings is 1. The molecule has 8 heteroatoms. The standard InChI is InChI=1S/C13H17BrF3NO2S/c1-3-8(4-2)10(14)7-18-21(19,20)13-11(16)5-9(15)6-12(13)17/h5-6,8,10,18H,3-4,7H2,1-2H3. The van der Waals surface area contributed by atoms with Crippen LogP contribution >= 0.6 is 15.9 Å². The lowest BCUT2D eigenvalue weighted by molar-refractivity contribution is 0.466. The van der Waals surface area contributed by atoms with Crippen molar-refractivity contribution in [2.24, 2.45) is 5.92 Å². The zero-order valence-corrected chi connectivity index (χ0v) is 14.1. The molecular weight excluding hydrogens is 371 g/mol. The Balaban J connectivity index is 2.93. The van der Waals surface area contributed by atoms with Crippen LogP contribution in [0.3, 0.4) is 0 Å². The highest BCUT2D eigenvalue weighted by Crippen LogP contribution is 2.22. The van der Waals surface area contributed by atoms with Gasteiger partial charge in [0.1, 0.15) is 17.5 Å². The molecule has 0 radical (unpaired) electrons. The van der Waals surface area contributed by atoms with E-state index in [1.807, 2.05) is 13.8 Å². The van der Waals surface area contributed by atoms with Crippen molar-refractivity contribution in [1.82, 2.24) is 4.72 Å². The molecule has 0 bridgehead atoms. The largest absolute Gasteiger partial charge is 0.246 e. The monoisotopic (exact) mass is 387 g/mol. The van der Waals surface area contributed by atoms with Crippen molar-refractivity contribution in [3.05, 3.63) is 29.6 Å². The molecule has 1 N–H and O–H groups in total. The van der Waals surface area contributed by atoms with Gasteiger partial charge in [0.25, 0.3) is 0 Å². The highest BCUT2D eigenvalue weighted by atomic mass is 79.9. The topological polar surface area (TPSA) is 46.2 Å². The maximum Gasteiger partial charge on any atom is 0.246 e. The molecule has 0 fully saturated rings. The maximum atomic E-state index is 13.5. The third-order valence-electron chi connectivity index (χ3n) is 3.26. The second-order valence-corrected chi connectivity index (χ2v) is 7.52. The maximum absolute atomic E-state index is 13.5. The van der Waals surface area contributed by atoms with E-state index in [9.17, 15) is 21.6 Å². The normalized spacial score (nSPS) is 13.7. The van der Waals surface area contributed by atoms with Gasteiger partial charge in [0.2, 0.25) is 10.0 Å². The van der Waals surface area contributed by atoms with Gasteiger partial charge in [0, 0.05) is 23.5 Å². The average Bonchev–Trinajstić information content (AvgIpc) is 2.36. The first-order valence-electron chi connectivity index (χ1n) is 6.51. The molecule has 3 nitrogen and oxygen atoms in total. The molecule has 0 aliphatic heterocycles. The fourth-order valence-electron chi connectivity index (χ4n) is 2.01. The van der Waals surface area contributed by atoms with Gasteiger partial charge in [-0.15, -0.1) is 0 Å². The SMILES string of the molecule is CCC(CC)C(Br)CNS(=O)(=O)c1c(F)cc(F)cc1F. The number of sulfonamides is 1. The van der Waals surface area contributed by atoms with Crippen molar-refractivity contribution in [3.8, 4) is 0 Å². The molecular formula is C13H17BrF3NO2S.